The van der Waals surface area contributed by atoms with E-state index in [1.807, 2.05) is 30.0 Å². The van der Waals surface area contributed by atoms with E-state index in [9.17, 15) is 9.59 Å². The summed E-state index contributed by atoms with van der Waals surface area (Å²) in [5, 5.41) is 2.83. The number of hydrogen-bond acceptors (Lipinski definition) is 4. The lowest BCUT2D eigenvalue weighted by Crippen LogP contribution is -2.49. The molecule has 1 saturated heterocycles. The van der Waals surface area contributed by atoms with Crippen molar-refractivity contribution in [1.29, 1.82) is 0 Å². The largest absolute Gasteiger partial charge is 0.479 e. The molecule has 0 unspecified atom stereocenters. The van der Waals surface area contributed by atoms with Gasteiger partial charge in [0.25, 0.3) is 5.91 Å². The van der Waals surface area contributed by atoms with Gasteiger partial charge in [-0.2, -0.15) is 0 Å². The van der Waals surface area contributed by atoms with Crippen LogP contribution >= 0.6 is 0 Å². The molecule has 2 heterocycles. The van der Waals surface area contributed by atoms with E-state index in [1.54, 1.807) is 0 Å². The third-order valence-electron chi connectivity index (χ3n) is 4.05. The van der Waals surface area contributed by atoms with Gasteiger partial charge in [0.2, 0.25) is 5.91 Å². The third kappa shape index (κ3) is 2.86. The summed E-state index contributed by atoms with van der Waals surface area (Å²) in [6.45, 7) is 5.10. The number of para-hydroxylation sites is 1. The highest BCUT2D eigenvalue weighted by Crippen LogP contribution is 2.38. The lowest BCUT2D eigenvalue weighted by atomic mass is 10.1. The minimum atomic E-state index is -0.125. The highest BCUT2D eigenvalue weighted by Gasteiger charge is 2.25. The summed E-state index contributed by atoms with van der Waals surface area (Å²) in [6.07, 6.45) is 1.51. The van der Waals surface area contributed by atoms with E-state index in [1.165, 1.54) is 0 Å². The number of benzene rings is 1. The Balaban J connectivity index is 1.71. The number of amides is 2. The van der Waals surface area contributed by atoms with E-state index in [-0.39, 0.29) is 18.4 Å². The fourth-order valence-electron chi connectivity index (χ4n) is 2.92. The van der Waals surface area contributed by atoms with Crippen molar-refractivity contribution in [2.24, 2.45) is 0 Å². The van der Waals surface area contributed by atoms with Gasteiger partial charge in [0.1, 0.15) is 0 Å². The molecular weight excluding hydrogens is 282 g/mol. The van der Waals surface area contributed by atoms with Gasteiger partial charge in [-0.1, -0.05) is 13.0 Å². The Kier molecular flexibility index (Phi) is 4.18. The number of rotatable bonds is 3. The topological polar surface area (TPSA) is 61.9 Å². The molecule has 118 valence electrons. The lowest BCUT2D eigenvalue weighted by molar-refractivity contribution is -0.131. The smallest absolute Gasteiger partial charge is 0.262 e. The molecule has 1 aromatic carbocycles. The first-order valence-corrected chi connectivity index (χ1v) is 7.77. The summed E-state index contributed by atoms with van der Waals surface area (Å²) in [5.41, 5.74) is 1.71. The Hall–Kier alpha value is -2.24. The molecule has 3 rings (SSSR count). The number of nitrogens with zero attached hydrogens (tertiary/aromatic N) is 2. The van der Waals surface area contributed by atoms with Gasteiger partial charge in [0.15, 0.2) is 12.4 Å². The number of carbonyl (C=O) groups is 2. The van der Waals surface area contributed by atoms with Crippen molar-refractivity contribution >= 4 is 23.2 Å². The van der Waals surface area contributed by atoms with Gasteiger partial charge in [0, 0.05) is 32.6 Å². The summed E-state index contributed by atoms with van der Waals surface area (Å²) in [7, 11) is 0. The molecule has 0 aromatic heterocycles. The Labute approximate surface area is 130 Å². The molecule has 0 bridgehead atoms. The van der Waals surface area contributed by atoms with E-state index >= 15 is 0 Å². The Morgan fingerprint density at radius 3 is 2.77 bits per heavy atom. The van der Waals surface area contributed by atoms with Gasteiger partial charge in [-0.3, -0.25) is 9.59 Å². The Bertz CT molecular complexity index is 580. The van der Waals surface area contributed by atoms with Crippen LogP contribution in [0.25, 0.3) is 0 Å². The maximum atomic E-state index is 11.9. The highest BCUT2D eigenvalue weighted by atomic mass is 16.5. The second-order valence-electron chi connectivity index (χ2n) is 5.61. The number of hydrogen-bond donors (Lipinski definition) is 1. The number of piperazine rings is 1. The standard InChI is InChI=1S/C16H21N3O3/c1-2-4-15(21)19-9-7-18(8-10-19)13-6-3-5-12-16(13)22-11-14(20)17-12/h3,5-6H,2,4,7-11H2,1H3,(H,17,20). The van der Waals surface area contributed by atoms with Crippen molar-refractivity contribution in [3.05, 3.63) is 18.2 Å². The molecule has 1 N–H and O–H groups in total. The van der Waals surface area contributed by atoms with Crippen LogP contribution in [-0.4, -0.2) is 49.5 Å². The molecular formula is C16H21N3O3. The van der Waals surface area contributed by atoms with Crippen LogP contribution in [0.3, 0.4) is 0 Å². The summed E-state index contributed by atoms with van der Waals surface area (Å²) >= 11 is 0. The molecule has 0 saturated carbocycles. The van der Waals surface area contributed by atoms with Gasteiger partial charge in [-0.25, -0.2) is 0 Å². The van der Waals surface area contributed by atoms with Crippen molar-refractivity contribution < 1.29 is 14.3 Å². The zero-order chi connectivity index (χ0) is 15.5. The van der Waals surface area contributed by atoms with Crippen LogP contribution in [0.1, 0.15) is 19.8 Å². The van der Waals surface area contributed by atoms with Gasteiger partial charge in [-0.15, -0.1) is 0 Å². The number of anilines is 2. The predicted octanol–water partition coefficient (Wildman–Crippen LogP) is 1.47. The average molecular weight is 303 g/mol. The van der Waals surface area contributed by atoms with Crippen LogP contribution < -0.4 is 15.0 Å². The molecule has 6 heteroatoms. The first-order valence-electron chi connectivity index (χ1n) is 7.77. The van der Waals surface area contributed by atoms with Crippen LogP contribution in [0.15, 0.2) is 18.2 Å². The van der Waals surface area contributed by atoms with Gasteiger partial charge < -0.3 is 19.9 Å². The quantitative estimate of drug-likeness (QED) is 0.918. The predicted molar refractivity (Wildman–Crippen MR) is 84.3 cm³/mol. The van der Waals surface area contributed by atoms with Crippen LogP contribution in [0, 0.1) is 0 Å². The molecule has 2 aliphatic heterocycles. The molecule has 0 aliphatic carbocycles. The second kappa shape index (κ2) is 6.25. The van der Waals surface area contributed by atoms with Gasteiger partial charge in [-0.05, 0) is 18.6 Å². The fraction of sp³-hybridized carbons (Fsp3) is 0.500. The van der Waals surface area contributed by atoms with Crippen molar-refractivity contribution in [2.45, 2.75) is 19.8 Å². The number of ether oxygens (including phenoxy) is 1. The van der Waals surface area contributed by atoms with E-state index in [0.29, 0.717) is 6.42 Å². The molecule has 22 heavy (non-hydrogen) atoms. The highest BCUT2D eigenvalue weighted by molar-refractivity contribution is 5.97. The minimum absolute atomic E-state index is 0.0545. The zero-order valence-electron chi connectivity index (χ0n) is 12.8. The summed E-state index contributed by atoms with van der Waals surface area (Å²) < 4.78 is 5.60. The first kappa shape index (κ1) is 14.7. The van der Waals surface area contributed by atoms with Crippen molar-refractivity contribution in [3.8, 4) is 5.75 Å². The van der Waals surface area contributed by atoms with Crippen molar-refractivity contribution in [1.82, 2.24) is 4.90 Å². The Morgan fingerprint density at radius 2 is 2.05 bits per heavy atom. The lowest BCUT2D eigenvalue weighted by Gasteiger charge is -2.37. The van der Waals surface area contributed by atoms with Crippen molar-refractivity contribution in [3.63, 3.8) is 0 Å². The molecule has 2 aliphatic rings. The fourth-order valence-corrected chi connectivity index (χ4v) is 2.92. The molecule has 6 nitrogen and oxygen atoms in total. The molecule has 0 spiro atoms. The number of fused-ring (bicyclic) bond motifs is 1. The third-order valence-corrected chi connectivity index (χ3v) is 4.05. The van der Waals surface area contributed by atoms with E-state index in [0.717, 1.165) is 49.7 Å². The van der Waals surface area contributed by atoms with Crippen LogP contribution in [0.4, 0.5) is 11.4 Å². The van der Waals surface area contributed by atoms with Crippen LogP contribution in [0.2, 0.25) is 0 Å². The summed E-state index contributed by atoms with van der Waals surface area (Å²) in [6, 6.07) is 5.76. The van der Waals surface area contributed by atoms with E-state index in [4.69, 9.17) is 4.74 Å². The first-order chi connectivity index (χ1) is 10.7. The van der Waals surface area contributed by atoms with E-state index < -0.39 is 0 Å². The average Bonchev–Trinajstić information content (AvgIpc) is 2.54. The van der Waals surface area contributed by atoms with E-state index in [2.05, 4.69) is 10.2 Å². The number of nitrogens with one attached hydrogen (secondary N) is 1. The molecule has 0 radical (unpaired) electrons. The van der Waals surface area contributed by atoms with Gasteiger partial charge >= 0.3 is 0 Å². The SMILES string of the molecule is CCCC(=O)N1CCN(c2cccc3c2OCC(=O)N3)CC1. The molecule has 2 amide bonds. The van der Waals surface area contributed by atoms with Crippen LogP contribution in [-0.2, 0) is 9.59 Å². The molecule has 1 aromatic rings. The maximum absolute atomic E-state index is 11.9. The zero-order valence-corrected chi connectivity index (χ0v) is 12.8. The van der Waals surface area contributed by atoms with Crippen LogP contribution in [0.5, 0.6) is 5.75 Å². The maximum Gasteiger partial charge on any atom is 0.262 e. The summed E-state index contributed by atoms with van der Waals surface area (Å²) in [4.78, 5) is 27.5. The van der Waals surface area contributed by atoms with Crippen molar-refractivity contribution in [2.75, 3.05) is 43.0 Å². The summed E-state index contributed by atoms with van der Waals surface area (Å²) in [5.74, 6) is 0.843. The monoisotopic (exact) mass is 303 g/mol. The molecule has 1 fully saturated rings. The Morgan fingerprint density at radius 1 is 1.27 bits per heavy atom. The van der Waals surface area contributed by atoms with Gasteiger partial charge in [0.05, 0.1) is 11.4 Å². The second-order valence-corrected chi connectivity index (χ2v) is 5.61. The number of carbonyl (C=O) groups excluding carboxylic acids is 2. The minimum Gasteiger partial charge on any atom is -0.479 e. The normalized spacial score (nSPS) is 17.6. The molecule has 0 atom stereocenters.